The molecule has 1 amide bonds. The molecular weight excluding hydrogens is 288 g/mol. The Balaban J connectivity index is 2.10. The molecule has 0 saturated heterocycles. The number of nitrogens with one attached hydrogen (secondary N) is 1. The summed E-state index contributed by atoms with van der Waals surface area (Å²) in [6.07, 6.45) is 1.53. The molecule has 21 heavy (non-hydrogen) atoms. The Labute approximate surface area is 126 Å². The van der Waals surface area contributed by atoms with Gasteiger partial charge < -0.3 is 11.1 Å². The van der Waals surface area contributed by atoms with E-state index in [0.717, 1.165) is 10.2 Å². The lowest BCUT2D eigenvalue weighted by molar-refractivity contribution is -0.117. The molecule has 0 unspecified atom stereocenters. The Morgan fingerprint density at radius 2 is 2.19 bits per heavy atom. The molecule has 0 aliphatic heterocycles. The van der Waals surface area contributed by atoms with E-state index < -0.39 is 0 Å². The second-order valence-corrected chi connectivity index (χ2v) is 4.96. The van der Waals surface area contributed by atoms with Crippen molar-refractivity contribution in [3.8, 4) is 0 Å². The number of nitrogens with two attached hydrogens (primary N) is 1. The molecule has 0 atom stereocenters. The third kappa shape index (κ3) is 3.96. The van der Waals surface area contributed by atoms with Gasteiger partial charge in [0.15, 0.2) is 0 Å². The summed E-state index contributed by atoms with van der Waals surface area (Å²) in [5.41, 5.74) is 7.19. The Bertz CT molecular complexity index is 755. The van der Waals surface area contributed by atoms with Crippen LogP contribution in [0.25, 0.3) is 0 Å². The number of rotatable bonds is 4. The van der Waals surface area contributed by atoms with Gasteiger partial charge in [-0.3, -0.25) is 9.59 Å². The van der Waals surface area contributed by atoms with Gasteiger partial charge in [0.25, 0.3) is 5.56 Å². The van der Waals surface area contributed by atoms with Gasteiger partial charge in [-0.15, -0.1) is 0 Å². The number of carbonyl (C=O) groups is 1. The van der Waals surface area contributed by atoms with Gasteiger partial charge in [-0.2, -0.15) is 5.10 Å². The lowest BCUT2D eigenvalue weighted by atomic mass is 10.2. The van der Waals surface area contributed by atoms with E-state index in [1.54, 1.807) is 31.2 Å². The first-order valence-corrected chi connectivity index (χ1v) is 6.60. The molecule has 0 bridgehead atoms. The fourth-order valence-corrected chi connectivity index (χ4v) is 1.86. The van der Waals surface area contributed by atoms with Crippen molar-refractivity contribution >= 4 is 28.8 Å². The first-order valence-electron chi connectivity index (χ1n) is 6.19. The van der Waals surface area contributed by atoms with Gasteiger partial charge in [0.1, 0.15) is 11.5 Å². The maximum atomic E-state index is 11.9. The lowest BCUT2D eigenvalue weighted by Crippen LogP contribution is -2.29. The van der Waals surface area contributed by atoms with Gasteiger partial charge in [0, 0.05) is 17.3 Å². The molecule has 0 saturated carbocycles. The van der Waals surface area contributed by atoms with Crippen LogP contribution >= 0.6 is 12.2 Å². The number of benzene rings is 1. The Hall–Kier alpha value is -2.54. The second kappa shape index (κ2) is 6.27. The number of aryl methyl sites for hydroxylation is 1. The van der Waals surface area contributed by atoms with Gasteiger partial charge in [-0.25, -0.2) is 4.68 Å². The lowest BCUT2D eigenvalue weighted by Gasteiger charge is -2.08. The Morgan fingerprint density at radius 1 is 1.43 bits per heavy atom. The quantitative estimate of drug-likeness (QED) is 0.816. The second-order valence-electron chi connectivity index (χ2n) is 4.52. The first kappa shape index (κ1) is 14.9. The van der Waals surface area contributed by atoms with Crippen LogP contribution in [0.2, 0.25) is 0 Å². The first-order chi connectivity index (χ1) is 9.95. The van der Waals surface area contributed by atoms with Crippen molar-refractivity contribution in [2.75, 3.05) is 5.32 Å². The summed E-state index contributed by atoms with van der Waals surface area (Å²) in [7, 11) is 0. The van der Waals surface area contributed by atoms with Crippen molar-refractivity contribution in [3.63, 3.8) is 0 Å². The molecule has 7 heteroatoms. The highest BCUT2D eigenvalue weighted by Crippen LogP contribution is 2.10. The summed E-state index contributed by atoms with van der Waals surface area (Å²) in [5.74, 6) is -0.353. The normalized spacial score (nSPS) is 10.1. The fourth-order valence-electron chi connectivity index (χ4n) is 1.73. The van der Waals surface area contributed by atoms with E-state index in [9.17, 15) is 9.59 Å². The van der Waals surface area contributed by atoms with Crippen LogP contribution in [0.4, 0.5) is 5.69 Å². The van der Waals surface area contributed by atoms with E-state index in [2.05, 4.69) is 10.4 Å². The molecule has 0 aliphatic carbocycles. The van der Waals surface area contributed by atoms with E-state index in [0.29, 0.717) is 11.3 Å². The molecule has 3 N–H and O–H groups in total. The van der Waals surface area contributed by atoms with Crippen LogP contribution in [0.1, 0.15) is 11.1 Å². The predicted octanol–water partition coefficient (Wildman–Crippen LogP) is 0.825. The predicted molar refractivity (Wildman–Crippen MR) is 84.2 cm³/mol. The molecular formula is C14H14N4O2S. The molecule has 1 heterocycles. The molecule has 0 aliphatic rings. The molecule has 108 valence electrons. The van der Waals surface area contributed by atoms with Gasteiger partial charge >= 0.3 is 0 Å². The topological polar surface area (TPSA) is 90.0 Å². The average molecular weight is 302 g/mol. The number of amides is 1. The molecule has 1 aromatic heterocycles. The monoisotopic (exact) mass is 302 g/mol. The third-order valence-electron chi connectivity index (χ3n) is 2.73. The van der Waals surface area contributed by atoms with Crippen LogP contribution in [-0.2, 0) is 11.3 Å². The van der Waals surface area contributed by atoms with Crippen molar-refractivity contribution in [2.24, 2.45) is 5.73 Å². The summed E-state index contributed by atoms with van der Waals surface area (Å²) >= 11 is 4.88. The van der Waals surface area contributed by atoms with Crippen molar-refractivity contribution < 1.29 is 4.79 Å². The molecule has 1 aromatic carbocycles. The van der Waals surface area contributed by atoms with Gasteiger partial charge in [0.05, 0.1) is 6.20 Å². The summed E-state index contributed by atoms with van der Waals surface area (Å²) in [5, 5.41) is 6.58. The standard InChI is InChI=1S/C14H14N4O2S/c1-9-5-13(20)18(16-7-9)8-12(19)17-11-4-2-3-10(6-11)14(15)21/h2-7H,8H2,1H3,(H2,15,21)(H,17,19). The number of carbonyl (C=O) groups excluding carboxylic acids is 1. The van der Waals surface area contributed by atoms with E-state index in [4.69, 9.17) is 18.0 Å². The van der Waals surface area contributed by atoms with Crippen LogP contribution in [-0.4, -0.2) is 20.7 Å². The number of anilines is 1. The zero-order valence-electron chi connectivity index (χ0n) is 11.4. The molecule has 6 nitrogen and oxygen atoms in total. The Kier molecular flexibility index (Phi) is 4.44. The average Bonchev–Trinajstić information content (AvgIpc) is 2.42. The van der Waals surface area contributed by atoms with Crippen LogP contribution < -0.4 is 16.6 Å². The summed E-state index contributed by atoms with van der Waals surface area (Å²) in [6.45, 7) is 1.61. The maximum absolute atomic E-state index is 11.9. The van der Waals surface area contributed by atoms with Crippen LogP contribution in [0.15, 0.2) is 41.3 Å². The minimum absolute atomic E-state index is 0.156. The minimum atomic E-state index is -0.353. The fraction of sp³-hybridized carbons (Fsp3) is 0.143. The van der Waals surface area contributed by atoms with Crippen molar-refractivity contribution in [2.45, 2.75) is 13.5 Å². The van der Waals surface area contributed by atoms with Crippen LogP contribution in [0.3, 0.4) is 0 Å². The van der Waals surface area contributed by atoms with E-state index in [-0.39, 0.29) is 23.0 Å². The van der Waals surface area contributed by atoms with Crippen molar-refractivity contribution in [3.05, 3.63) is 58.0 Å². The van der Waals surface area contributed by atoms with Gasteiger partial charge in [-0.05, 0) is 24.6 Å². The van der Waals surface area contributed by atoms with Crippen molar-refractivity contribution in [1.82, 2.24) is 9.78 Å². The molecule has 0 fully saturated rings. The number of hydrogen-bond donors (Lipinski definition) is 2. The molecule has 0 spiro atoms. The summed E-state index contributed by atoms with van der Waals surface area (Å²) in [4.78, 5) is 23.8. The number of thiocarbonyl (C=S) groups is 1. The van der Waals surface area contributed by atoms with E-state index >= 15 is 0 Å². The minimum Gasteiger partial charge on any atom is -0.389 e. The summed E-state index contributed by atoms with van der Waals surface area (Å²) in [6, 6.07) is 8.30. The van der Waals surface area contributed by atoms with Crippen molar-refractivity contribution in [1.29, 1.82) is 0 Å². The van der Waals surface area contributed by atoms with E-state index in [1.165, 1.54) is 12.3 Å². The molecule has 0 radical (unpaired) electrons. The highest BCUT2D eigenvalue weighted by molar-refractivity contribution is 7.80. The third-order valence-corrected chi connectivity index (χ3v) is 2.97. The SMILES string of the molecule is Cc1cnn(CC(=O)Nc2cccc(C(N)=S)c2)c(=O)c1. The largest absolute Gasteiger partial charge is 0.389 e. The highest BCUT2D eigenvalue weighted by atomic mass is 32.1. The smallest absolute Gasteiger partial charge is 0.267 e. The Morgan fingerprint density at radius 3 is 2.86 bits per heavy atom. The van der Waals surface area contributed by atoms with Crippen LogP contribution in [0.5, 0.6) is 0 Å². The molecule has 2 rings (SSSR count). The van der Waals surface area contributed by atoms with Gasteiger partial charge in [0.2, 0.25) is 5.91 Å². The van der Waals surface area contributed by atoms with Crippen LogP contribution in [0, 0.1) is 6.92 Å². The zero-order valence-corrected chi connectivity index (χ0v) is 12.2. The number of hydrogen-bond acceptors (Lipinski definition) is 4. The number of aromatic nitrogens is 2. The maximum Gasteiger partial charge on any atom is 0.267 e. The molecule has 2 aromatic rings. The number of nitrogens with zero attached hydrogens (tertiary/aromatic N) is 2. The zero-order chi connectivity index (χ0) is 15.4. The summed E-state index contributed by atoms with van der Waals surface area (Å²) < 4.78 is 1.10. The van der Waals surface area contributed by atoms with E-state index in [1.807, 2.05) is 0 Å². The van der Waals surface area contributed by atoms with Gasteiger partial charge in [-0.1, -0.05) is 24.4 Å². The highest BCUT2D eigenvalue weighted by Gasteiger charge is 2.07.